The molecule has 1 aromatic heterocycles. The maximum Gasteiger partial charge on any atom is 0.135 e. The Bertz CT molecular complexity index is 521. The average molecular weight is 236 g/mol. The molecule has 82 valence electrons. The molecule has 0 spiro atoms. The molecular formula is C11H10ClN3O. The number of carbonyl (C=O) groups excluding carboxylic acids is 1. The number of halogens is 1. The summed E-state index contributed by atoms with van der Waals surface area (Å²) in [4.78, 5) is 10.9. The Kier molecular flexibility index (Phi) is 3.01. The van der Waals surface area contributed by atoms with Crippen LogP contribution >= 0.6 is 11.6 Å². The van der Waals surface area contributed by atoms with Gasteiger partial charge in [0.15, 0.2) is 0 Å². The molecule has 0 bridgehead atoms. The van der Waals surface area contributed by atoms with Gasteiger partial charge >= 0.3 is 0 Å². The number of nitrogens with zero attached hydrogens (tertiary/aromatic N) is 3. The van der Waals surface area contributed by atoms with Gasteiger partial charge in [0.2, 0.25) is 0 Å². The van der Waals surface area contributed by atoms with Gasteiger partial charge in [-0.1, -0.05) is 22.9 Å². The van der Waals surface area contributed by atoms with Crippen molar-refractivity contribution in [2.45, 2.75) is 13.3 Å². The van der Waals surface area contributed by atoms with Gasteiger partial charge in [0.05, 0.1) is 24.0 Å². The summed E-state index contributed by atoms with van der Waals surface area (Å²) in [5.41, 5.74) is 1.49. The number of rotatable bonds is 3. The van der Waals surface area contributed by atoms with E-state index in [9.17, 15) is 4.79 Å². The molecule has 0 N–H and O–H groups in total. The number of Topliss-reactive ketones (excluding diaryl/α,β-unsaturated/α-hetero) is 1. The van der Waals surface area contributed by atoms with Gasteiger partial charge in [0.25, 0.3) is 0 Å². The van der Waals surface area contributed by atoms with Crippen LogP contribution in [-0.4, -0.2) is 20.8 Å². The van der Waals surface area contributed by atoms with Gasteiger partial charge in [0, 0.05) is 5.02 Å². The van der Waals surface area contributed by atoms with Crippen molar-refractivity contribution in [2.75, 3.05) is 0 Å². The Morgan fingerprint density at radius 3 is 3.00 bits per heavy atom. The van der Waals surface area contributed by atoms with E-state index in [2.05, 4.69) is 10.3 Å². The van der Waals surface area contributed by atoms with Crippen LogP contribution in [0.4, 0.5) is 0 Å². The van der Waals surface area contributed by atoms with Crippen molar-refractivity contribution in [1.29, 1.82) is 0 Å². The molecule has 4 nitrogen and oxygen atoms in total. The highest BCUT2D eigenvalue weighted by Crippen LogP contribution is 2.13. The first-order valence-electron chi connectivity index (χ1n) is 4.82. The van der Waals surface area contributed by atoms with Crippen LogP contribution < -0.4 is 0 Å². The van der Waals surface area contributed by atoms with Crippen molar-refractivity contribution in [3.63, 3.8) is 0 Å². The fraction of sp³-hybridized carbons (Fsp3) is 0.182. The normalized spacial score (nSPS) is 10.4. The van der Waals surface area contributed by atoms with Crippen LogP contribution in [0.1, 0.15) is 12.6 Å². The summed E-state index contributed by atoms with van der Waals surface area (Å²) in [5, 5.41) is 8.49. The predicted octanol–water partition coefficient (Wildman–Crippen LogP) is 2.05. The minimum absolute atomic E-state index is 0.0677. The zero-order valence-electron chi connectivity index (χ0n) is 8.72. The van der Waals surface area contributed by atoms with E-state index in [1.807, 2.05) is 12.1 Å². The topological polar surface area (TPSA) is 47.8 Å². The molecule has 0 atom stereocenters. The van der Waals surface area contributed by atoms with E-state index in [4.69, 9.17) is 11.6 Å². The molecular weight excluding hydrogens is 226 g/mol. The van der Waals surface area contributed by atoms with Gasteiger partial charge in [0.1, 0.15) is 5.78 Å². The monoisotopic (exact) mass is 235 g/mol. The fourth-order valence-corrected chi connectivity index (χ4v) is 1.56. The third-order valence-electron chi connectivity index (χ3n) is 2.04. The van der Waals surface area contributed by atoms with Gasteiger partial charge in [-0.25, -0.2) is 4.68 Å². The van der Waals surface area contributed by atoms with E-state index in [0.29, 0.717) is 17.1 Å². The standard InChI is InChI=1S/C11H10ClN3O/c1-8(16)5-10-7-15(14-13-10)11-4-2-3-9(12)6-11/h2-4,6-7H,5H2,1H3. The van der Waals surface area contributed by atoms with E-state index in [0.717, 1.165) is 5.69 Å². The Morgan fingerprint density at radius 2 is 2.31 bits per heavy atom. The lowest BCUT2D eigenvalue weighted by Crippen LogP contribution is -1.96. The van der Waals surface area contributed by atoms with Crippen molar-refractivity contribution in [3.05, 3.63) is 41.2 Å². The smallest absolute Gasteiger partial charge is 0.135 e. The van der Waals surface area contributed by atoms with Crippen molar-refractivity contribution in [3.8, 4) is 5.69 Å². The number of hydrogen-bond donors (Lipinski definition) is 0. The van der Waals surface area contributed by atoms with Gasteiger partial charge in [-0.15, -0.1) is 5.10 Å². The molecule has 0 fully saturated rings. The first-order valence-corrected chi connectivity index (χ1v) is 5.19. The van der Waals surface area contributed by atoms with Gasteiger partial charge in [-0.3, -0.25) is 4.79 Å². The molecule has 16 heavy (non-hydrogen) atoms. The van der Waals surface area contributed by atoms with E-state index < -0.39 is 0 Å². The van der Waals surface area contributed by atoms with E-state index in [1.165, 1.54) is 6.92 Å². The summed E-state index contributed by atoms with van der Waals surface area (Å²) in [7, 11) is 0. The molecule has 5 heteroatoms. The fourth-order valence-electron chi connectivity index (χ4n) is 1.38. The molecule has 2 rings (SSSR count). The van der Waals surface area contributed by atoms with Crippen LogP contribution in [-0.2, 0) is 11.2 Å². The van der Waals surface area contributed by atoms with Crippen molar-refractivity contribution in [2.24, 2.45) is 0 Å². The molecule has 0 aliphatic carbocycles. The van der Waals surface area contributed by atoms with Crippen LogP contribution in [0.3, 0.4) is 0 Å². The lowest BCUT2D eigenvalue weighted by atomic mass is 10.2. The molecule has 0 saturated heterocycles. The van der Waals surface area contributed by atoms with Gasteiger partial charge in [-0.2, -0.15) is 0 Å². The highest BCUT2D eigenvalue weighted by molar-refractivity contribution is 6.30. The molecule has 1 heterocycles. The second-order valence-corrected chi connectivity index (χ2v) is 3.95. The number of aromatic nitrogens is 3. The molecule has 2 aromatic rings. The molecule has 0 aliphatic rings. The molecule has 0 saturated carbocycles. The van der Waals surface area contributed by atoms with Crippen molar-refractivity contribution in [1.82, 2.24) is 15.0 Å². The SMILES string of the molecule is CC(=O)Cc1cn(-c2cccc(Cl)c2)nn1. The Labute approximate surface area is 97.8 Å². The molecule has 0 unspecified atom stereocenters. The lowest BCUT2D eigenvalue weighted by Gasteiger charge is -1.99. The van der Waals surface area contributed by atoms with E-state index in [-0.39, 0.29) is 5.78 Å². The molecule has 0 amide bonds. The summed E-state index contributed by atoms with van der Waals surface area (Å²) in [6, 6.07) is 7.29. The summed E-state index contributed by atoms with van der Waals surface area (Å²) in [5.74, 6) is 0.0677. The number of ketones is 1. The minimum Gasteiger partial charge on any atom is -0.300 e. The number of benzene rings is 1. The quantitative estimate of drug-likeness (QED) is 0.818. The third kappa shape index (κ3) is 2.46. The summed E-state index contributed by atoms with van der Waals surface area (Å²) in [6.07, 6.45) is 2.04. The van der Waals surface area contributed by atoms with Crippen LogP contribution in [0.25, 0.3) is 5.69 Å². The zero-order valence-corrected chi connectivity index (χ0v) is 9.48. The Morgan fingerprint density at radius 1 is 1.50 bits per heavy atom. The average Bonchev–Trinajstić information content (AvgIpc) is 2.65. The number of carbonyl (C=O) groups is 1. The van der Waals surface area contributed by atoms with Crippen molar-refractivity contribution >= 4 is 17.4 Å². The molecule has 0 radical (unpaired) electrons. The predicted molar refractivity (Wildman–Crippen MR) is 60.8 cm³/mol. The van der Waals surface area contributed by atoms with E-state index >= 15 is 0 Å². The van der Waals surface area contributed by atoms with Crippen molar-refractivity contribution < 1.29 is 4.79 Å². The first-order chi connectivity index (χ1) is 7.65. The van der Waals surface area contributed by atoms with Crippen LogP contribution in [0, 0.1) is 0 Å². The summed E-state index contributed by atoms with van der Waals surface area (Å²) >= 11 is 5.87. The third-order valence-corrected chi connectivity index (χ3v) is 2.28. The van der Waals surface area contributed by atoms with Gasteiger partial charge in [-0.05, 0) is 25.1 Å². The van der Waals surface area contributed by atoms with Crippen LogP contribution in [0.5, 0.6) is 0 Å². The minimum atomic E-state index is 0.0677. The second kappa shape index (κ2) is 4.45. The Hall–Kier alpha value is -1.68. The largest absolute Gasteiger partial charge is 0.300 e. The maximum atomic E-state index is 10.9. The van der Waals surface area contributed by atoms with Crippen LogP contribution in [0.15, 0.2) is 30.5 Å². The highest BCUT2D eigenvalue weighted by Gasteiger charge is 2.05. The number of hydrogen-bond acceptors (Lipinski definition) is 3. The zero-order chi connectivity index (χ0) is 11.5. The Balaban J connectivity index is 2.28. The van der Waals surface area contributed by atoms with E-state index in [1.54, 1.807) is 23.0 Å². The highest BCUT2D eigenvalue weighted by atomic mass is 35.5. The second-order valence-electron chi connectivity index (χ2n) is 3.51. The lowest BCUT2D eigenvalue weighted by molar-refractivity contribution is -0.116. The summed E-state index contributed by atoms with van der Waals surface area (Å²) in [6.45, 7) is 1.53. The molecule has 1 aromatic carbocycles. The van der Waals surface area contributed by atoms with Gasteiger partial charge < -0.3 is 0 Å². The molecule has 0 aliphatic heterocycles. The summed E-state index contributed by atoms with van der Waals surface area (Å²) < 4.78 is 1.60. The van der Waals surface area contributed by atoms with Crippen LogP contribution in [0.2, 0.25) is 5.02 Å². The first kappa shape index (κ1) is 10.8. The maximum absolute atomic E-state index is 10.9.